The van der Waals surface area contributed by atoms with E-state index >= 15 is 0 Å². The van der Waals surface area contributed by atoms with E-state index < -0.39 is 0 Å². The number of esters is 1. The third kappa shape index (κ3) is 4.81. The van der Waals surface area contributed by atoms with Crippen molar-refractivity contribution in [3.05, 3.63) is 59.2 Å². The highest BCUT2D eigenvalue weighted by Gasteiger charge is 2.36. The van der Waals surface area contributed by atoms with Gasteiger partial charge in [-0.05, 0) is 78.0 Å². The second-order valence-corrected chi connectivity index (χ2v) is 10.2. The van der Waals surface area contributed by atoms with Gasteiger partial charge in [0.2, 0.25) is 0 Å². The van der Waals surface area contributed by atoms with Crippen LogP contribution in [0.1, 0.15) is 70.6 Å². The lowest BCUT2D eigenvalue weighted by atomic mass is 9.63. The molecule has 0 radical (unpaired) electrons. The molecule has 150 valence electrons. The van der Waals surface area contributed by atoms with Crippen LogP contribution in [0.4, 0.5) is 0 Å². The molecule has 0 spiro atoms. The third-order valence-electron chi connectivity index (χ3n) is 5.91. The van der Waals surface area contributed by atoms with Gasteiger partial charge in [0.1, 0.15) is 0 Å². The molecule has 3 heteroatoms. The Labute approximate surface area is 174 Å². The molecule has 2 nitrogen and oxygen atoms in total. The first-order chi connectivity index (χ1) is 13.2. The van der Waals surface area contributed by atoms with E-state index in [0.29, 0.717) is 13.0 Å². The summed E-state index contributed by atoms with van der Waals surface area (Å²) in [6.07, 6.45) is 3.64. The van der Waals surface area contributed by atoms with E-state index in [1.807, 2.05) is 18.7 Å². The summed E-state index contributed by atoms with van der Waals surface area (Å²) in [6.45, 7) is 11.8. The number of ether oxygens (including phenoxy) is 1. The van der Waals surface area contributed by atoms with Crippen LogP contribution in [0.2, 0.25) is 0 Å². The Hall–Kier alpha value is -1.74. The number of fused-ring (bicyclic) bond motifs is 1. The number of rotatable bonds is 6. The molecule has 3 rings (SSSR count). The Morgan fingerprint density at radius 1 is 0.929 bits per heavy atom. The van der Waals surface area contributed by atoms with E-state index in [9.17, 15) is 4.79 Å². The lowest BCUT2D eigenvalue weighted by molar-refractivity contribution is -0.143. The van der Waals surface area contributed by atoms with Gasteiger partial charge in [-0.3, -0.25) is 4.79 Å². The molecular weight excluding hydrogens is 364 g/mol. The Kier molecular flexibility index (Phi) is 6.24. The summed E-state index contributed by atoms with van der Waals surface area (Å²) in [4.78, 5) is 14.0. The van der Waals surface area contributed by atoms with Crippen LogP contribution in [0.15, 0.2) is 52.3 Å². The quantitative estimate of drug-likeness (QED) is 0.509. The van der Waals surface area contributed by atoms with Crippen LogP contribution in [0.5, 0.6) is 0 Å². The number of aryl methyl sites for hydroxylation is 1. The van der Waals surface area contributed by atoms with Crippen molar-refractivity contribution in [3.63, 3.8) is 0 Å². The van der Waals surface area contributed by atoms with Gasteiger partial charge in [-0.1, -0.05) is 57.7 Å². The van der Waals surface area contributed by atoms with E-state index in [-0.39, 0.29) is 16.8 Å². The van der Waals surface area contributed by atoms with E-state index in [0.717, 1.165) is 6.42 Å². The van der Waals surface area contributed by atoms with Gasteiger partial charge in [0.05, 0.1) is 6.61 Å². The summed E-state index contributed by atoms with van der Waals surface area (Å²) >= 11 is 1.81. The van der Waals surface area contributed by atoms with Crippen molar-refractivity contribution in [3.8, 4) is 0 Å². The molecule has 0 N–H and O–H groups in total. The van der Waals surface area contributed by atoms with Crippen molar-refractivity contribution in [1.82, 2.24) is 0 Å². The lowest BCUT2D eigenvalue weighted by Crippen LogP contribution is -2.33. The average molecular weight is 397 g/mol. The molecule has 0 aliphatic heterocycles. The third-order valence-corrected chi connectivity index (χ3v) is 6.90. The van der Waals surface area contributed by atoms with Crippen molar-refractivity contribution in [2.24, 2.45) is 0 Å². The summed E-state index contributed by atoms with van der Waals surface area (Å²) in [5.74, 6) is -0.124. The number of hydrogen-bond acceptors (Lipinski definition) is 3. The maximum atomic E-state index is 11.5. The normalized spacial score (nSPS) is 17.0. The minimum atomic E-state index is -0.124. The summed E-state index contributed by atoms with van der Waals surface area (Å²) in [5, 5.41) is 0. The fraction of sp³-hybridized carbons (Fsp3) is 0.480. The largest absolute Gasteiger partial charge is 0.466 e. The van der Waals surface area contributed by atoms with Crippen molar-refractivity contribution >= 4 is 17.7 Å². The Bertz CT molecular complexity index is 834. The molecule has 0 saturated carbocycles. The number of benzene rings is 2. The molecule has 0 unspecified atom stereocenters. The standard InChI is InChI=1S/C25H32O2S/c1-6-27-23(26)14-9-18-7-10-19(11-8-18)28-20-12-13-21-22(17-20)25(4,5)16-15-24(21,2)3/h7-8,10-13,17H,6,9,14-16H2,1-5H3. The SMILES string of the molecule is CCOC(=O)CCc1ccc(Sc2ccc3c(c2)C(C)(C)CCC3(C)C)cc1. The zero-order valence-corrected chi connectivity index (χ0v) is 18.6. The van der Waals surface area contributed by atoms with Crippen LogP contribution in [0.3, 0.4) is 0 Å². The zero-order valence-electron chi connectivity index (χ0n) is 17.8. The van der Waals surface area contributed by atoms with Gasteiger partial charge in [0.25, 0.3) is 0 Å². The first-order valence-electron chi connectivity index (χ1n) is 10.3. The van der Waals surface area contributed by atoms with Crippen LogP contribution in [0, 0.1) is 0 Å². The fourth-order valence-corrected chi connectivity index (χ4v) is 4.83. The highest BCUT2D eigenvalue weighted by atomic mass is 32.2. The minimum Gasteiger partial charge on any atom is -0.466 e. The first-order valence-corrected chi connectivity index (χ1v) is 11.1. The average Bonchev–Trinajstić information content (AvgIpc) is 2.65. The maximum Gasteiger partial charge on any atom is 0.306 e. The van der Waals surface area contributed by atoms with Gasteiger partial charge >= 0.3 is 5.97 Å². The second kappa shape index (κ2) is 8.32. The fourth-order valence-electron chi connectivity index (χ4n) is 3.97. The van der Waals surface area contributed by atoms with Crippen molar-refractivity contribution in [2.45, 2.75) is 80.9 Å². The Morgan fingerprint density at radius 2 is 1.54 bits per heavy atom. The number of hydrogen-bond donors (Lipinski definition) is 0. The molecule has 0 fully saturated rings. The molecule has 2 aromatic rings. The van der Waals surface area contributed by atoms with Crippen molar-refractivity contribution in [1.29, 1.82) is 0 Å². The molecule has 0 saturated heterocycles. The first kappa shape index (κ1) is 21.0. The predicted octanol–water partition coefficient (Wildman–Crippen LogP) is 6.68. The molecule has 1 aliphatic rings. The van der Waals surface area contributed by atoms with Gasteiger partial charge in [0, 0.05) is 16.2 Å². The monoisotopic (exact) mass is 396 g/mol. The van der Waals surface area contributed by atoms with E-state index in [4.69, 9.17) is 4.74 Å². The van der Waals surface area contributed by atoms with Crippen LogP contribution >= 0.6 is 11.8 Å². The summed E-state index contributed by atoms with van der Waals surface area (Å²) < 4.78 is 5.00. The highest BCUT2D eigenvalue weighted by molar-refractivity contribution is 7.99. The zero-order chi connectivity index (χ0) is 20.4. The second-order valence-electron chi connectivity index (χ2n) is 9.03. The molecule has 0 bridgehead atoms. The summed E-state index contributed by atoms with van der Waals surface area (Å²) in [7, 11) is 0. The van der Waals surface area contributed by atoms with Crippen LogP contribution in [0.25, 0.3) is 0 Å². The smallest absolute Gasteiger partial charge is 0.306 e. The molecule has 1 aliphatic carbocycles. The predicted molar refractivity (Wildman–Crippen MR) is 117 cm³/mol. The van der Waals surface area contributed by atoms with Gasteiger partial charge in [-0.15, -0.1) is 0 Å². The van der Waals surface area contributed by atoms with Gasteiger partial charge in [0.15, 0.2) is 0 Å². The van der Waals surface area contributed by atoms with Gasteiger partial charge in [-0.25, -0.2) is 0 Å². The number of carbonyl (C=O) groups excluding carboxylic acids is 1. The van der Waals surface area contributed by atoms with Crippen LogP contribution in [-0.2, 0) is 26.8 Å². The van der Waals surface area contributed by atoms with E-state index in [2.05, 4.69) is 70.2 Å². The minimum absolute atomic E-state index is 0.124. The molecule has 2 aromatic carbocycles. The van der Waals surface area contributed by atoms with Gasteiger partial charge < -0.3 is 4.74 Å². The van der Waals surface area contributed by atoms with Gasteiger partial charge in [-0.2, -0.15) is 0 Å². The summed E-state index contributed by atoms with van der Waals surface area (Å²) in [6, 6.07) is 15.5. The molecule has 0 heterocycles. The van der Waals surface area contributed by atoms with Crippen molar-refractivity contribution in [2.75, 3.05) is 6.61 Å². The molecule has 0 aromatic heterocycles. The van der Waals surface area contributed by atoms with Crippen molar-refractivity contribution < 1.29 is 9.53 Å². The summed E-state index contributed by atoms with van der Waals surface area (Å²) in [5.41, 5.74) is 4.67. The molecule has 0 amide bonds. The number of carbonyl (C=O) groups is 1. The molecule has 28 heavy (non-hydrogen) atoms. The van der Waals surface area contributed by atoms with Crippen LogP contribution in [-0.4, -0.2) is 12.6 Å². The maximum absolute atomic E-state index is 11.5. The lowest BCUT2D eigenvalue weighted by Gasteiger charge is -2.42. The highest BCUT2D eigenvalue weighted by Crippen LogP contribution is 2.47. The van der Waals surface area contributed by atoms with Crippen LogP contribution < -0.4 is 0 Å². The Morgan fingerprint density at radius 3 is 2.18 bits per heavy atom. The van der Waals surface area contributed by atoms with E-state index in [1.54, 1.807) is 0 Å². The topological polar surface area (TPSA) is 26.3 Å². The van der Waals surface area contributed by atoms with E-state index in [1.165, 1.54) is 39.3 Å². The molecule has 0 atom stereocenters. The Balaban J connectivity index is 1.71. The molecular formula is C25H32O2S.